The van der Waals surface area contributed by atoms with Crippen LogP contribution in [0.5, 0.6) is 0 Å². The fourth-order valence-corrected chi connectivity index (χ4v) is 6.78. The van der Waals surface area contributed by atoms with Crippen molar-refractivity contribution in [1.82, 2.24) is 0 Å². The molecule has 0 atom stereocenters. The lowest BCUT2D eigenvalue weighted by Gasteiger charge is -2.26. The van der Waals surface area contributed by atoms with Gasteiger partial charge in [-0.2, -0.15) is 0 Å². The van der Waals surface area contributed by atoms with Crippen molar-refractivity contribution in [3.8, 4) is 33.4 Å². The van der Waals surface area contributed by atoms with Crippen molar-refractivity contribution >= 4 is 49.8 Å². The van der Waals surface area contributed by atoms with Crippen LogP contribution < -0.4 is 4.90 Å². The van der Waals surface area contributed by atoms with E-state index < -0.39 is 0 Å². The van der Waals surface area contributed by atoms with Crippen LogP contribution in [0.1, 0.15) is 0 Å². The van der Waals surface area contributed by atoms with Gasteiger partial charge in [0.05, 0.1) is 0 Å². The molecule has 0 aliphatic rings. The Hall–Kier alpha value is -6.38. The maximum Gasteiger partial charge on any atom is 0.135 e. The molecule has 0 saturated heterocycles. The lowest BCUT2D eigenvalue weighted by molar-refractivity contribution is 0.669. The summed E-state index contributed by atoms with van der Waals surface area (Å²) in [7, 11) is 0. The molecule has 9 aromatic rings. The van der Waals surface area contributed by atoms with E-state index in [1.165, 1.54) is 44.2 Å². The summed E-state index contributed by atoms with van der Waals surface area (Å²) >= 11 is 0. The average molecular weight is 614 g/mol. The molecule has 0 aliphatic carbocycles. The maximum absolute atomic E-state index is 6.06. The van der Waals surface area contributed by atoms with E-state index >= 15 is 0 Å². The second kappa shape index (κ2) is 11.8. The van der Waals surface area contributed by atoms with Gasteiger partial charge in [-0.25, -0.2) is 0 Å². The molecule has 2 heteroatoms. The van der Waals surface area contributed by atoms with Crippen molar-refractivity contribution in [3.05, 3.63) is 188 Å². The molecule has 0 aliphatic heterocycles. The molecule has 0 radical (unpaired) electrons. The predicted molar refractivity (Wildman–Crippen MR) is 202 cm³/mol. The minimum atomic E-state index is 0.913. The van der Waals surface area contributed by atoms with Crippen molar-refractivity contribution in [2.75, 3.05) is 4.90 Å². The Balaban J connectivity index is 1.04. The minimum Gasteiger partial charge on any atom is -0.456 e. The van der Waals surface area contributed by atoms with Gasteiger partial charge in [0.25, 0.3) is 0 Å². The highest BCUT2D eigenvalue weighted by atomic mass is 16.3. The van der Waals surface area contributed by atoms with Crippen LogP contribution in [0.15, 0.2) is 192 Å². The number of fused-ring (bicyclic) bond motifs is 4. The van der Waals surface area contributed by atoms with E-state index in [0.717, 1.165) is 39.0 Å². The zero-order valence-electron chi connectivity index (χ0n) is 26.3. The summed E-state index contributed by atoms with van der Waals surface area (Å²) in [5.74, 6) is 0. The first-order valence-corrected chi connectivity index (χ1v) is 16.3. The van der Waals surface area contributed by atoms with Crippen molar-refractivity contribution in [3.63, 3.8) is 0 Å². The first kappa shape index (κ1) is 27.9. The normalized spacial score (nSPS) is 11.3. The zero-order chi connectivity index (χ0) is 31.9. The van der Waals surface area contributed by atoms with Crippen molar-refractivity contribution < 1.29 is 4.42 Å². The molecule has 0 N–H and O–H groups in total. The Labute approximate surface area is 279 Å². The van der Waals surface area contributed by atoms with Crippen molar-refractivity contribution in [1.29, 1.82) is 0 Å². The molecule has 48 heavy (non-hydrogen) atoms. The Morgan fingerprint density at radius 3 is 1.56 bits per heavy atom. The second-order valence-electron chi connectivity index (χ2n) is 12.2. The number of hydrogen-bond acceptors (Lipinski definition) is 2. The summed E-state index contributed by atoms with van der Waals surface area (Å²) in [5, 5.41) is 4.80. The smallest absolute Gasteiger partial charge is 0.135 e. The van der Waals surface area contributed by atoms with Crippen LogP contribution in [0, 0.1) is 0 Å². The highest BCUT2D eigenvalue weighted by molar-refractivity contribution is 6.06. The van der Waals surface area contributed by atoms with E-state index in [9.17, 15) is 0 Å². The standard InChI is InChI=1S/C46H31NO/c1-2-13-40(14-3-1)47(42-26-21-34(22-27-42)39-23-28-46-44(31-39)43-15-6-7-16-45(43)48-46)41-24-19-33(20-25-41)36-11-8-12-37(29-36)38-18-17-32-9-4-5-10-35(32)30-38/h1-31H. The molecule has 8 aromatic carbocycles. The molecule has 0 bridgehead atoms. The van der Waals surface area contributed by atoms with Crippen molar-refractivity contribution in [2.45, 2.75) is 0 Å². The SMILES string of the molecule is c1ccc(N(c2ccc(-c3cccc(-c4ccc5ccccc5c4)c3)cc2)c2ccc(-c3ccc4oc5ccccc5c4c3)cc2)cc1. The molecule has 0 unspecified atom stereocenters. The third-order valence-corrected chi connectivity index (χ3v) is 9.25. The Morgan fingerprint density at radius 1 is 0.292 bits per heavy atom. The van der Waals surface area contributed by atoms with Gasteiger partial charge < -0.3 is 9.32 Å². The van der Waals surface area contributed by atoms with E-state index in [0.29, 0.717) is 0 Å². The maximum atomic E-state index is 6.06. The van der Waals surface area contributed by atoms with Gasteiger partial charge in [-0.05, 0) is 111 Å². The second-order valence-corrected chi connectivity index (χ2v) is 12.2. The fraction of sp³-hybridized carbons (Fsp3) is 0. The largest absolute Gasteiger partial charge is 0.456 e. The molecule has 2 nitrogen and oxygen atoms in total. The van der Waals surface area contributed by atoms with Crippen LogP contribution in [-0.4, -0.2) is 0 Å². The lowest BCUT2D eigenvalue weighted by atomic mass is 9.97. The Kier molecular flexibility index (Phi) is 6.84. The molecule has 0 saturated carbocycles. The monoisotopic (exact) mass is 613 g/mol. The molecular formula is C46H31NO. The van der Waals surface area contributed by atoms with Crippen LogP contribution >= 0.6 is 0 Å². The number of rotatable bonds is 6. The zero-order valence-corrected chi connectivity index (χ0v) is 26.3. The summed E-state index contributed by atoms with van der Waals surface area (Å²) in [6.45, 7) is 0. The topological polar surface area (TPSA) is 16.4 Å². The van der Waals surface area contributed by atoms with Gasteiger partial charge in [0.15, 0.2) is 0 Å². The first-order chi connectivity index (χ1) is 23.8. The molecule has 0 spiro atoms. The van der Waals surface area contributed by atoms with Crippen LogP contribution in [0.2, 0.25) is 0 Å². The average Bonchev–Trinajstić information content (AvgIpc) is 3.54. The molecule has 0 amide bonds. The van der Waals surface area contributed by atoms with Crippen LogP contribution in [0.25, 0.3) is 66.1 Å². The van der Waals surface area contributed by atoms with Gasteiger partial charge >= 0.3 is 0 Å². The molecule has 0 fully saturated rings. The summed E-state index contributed by atoms with van der Waals surface area (Å²) in [6, 6.07) is 67.0. The summed E-state index contributed by atoms with van der Waals surface area (Å²) in [4.78, 5) is 2.31. The van der Waals surface area contributed by atoms with Gasteiger partial charge in [0, 0.05) is 27.8 Å². The predicted octanol–water partition coefficient (Wildman–Crippen LogP) is 13.2. The van der Waals surface area contributed by atoms with Gasteiger partial charge in [0.2, 0.25) is 0 Å². The van der Waals surface area contributed by atoms with Gasteiger partial charge in [-0.1, -0.05) is 121 Å². The van der Waals surface area contributed by atoms with E-state index in [-0.39, 0.29) is 0 Å². The highest BCUT2D eigenvalue weighted by Gasteiger charge is 2.14. The van der Waals surface area contributed by atoms with E-state index in [1.54, 1.807) is 0 Å². The minimum absolute atomic E-state index is 0.913. The van der Waals surface area contributed by atoms with E-state index in [2.05, 4.69) is 181 Å². The van der Waals surface area contributed by atoms with E-state index in [1.807, 2.05) is 12.1 Å². The molecule has 226 valence electrons. The van der Waals surface area contributed by atoms with Gasteiger partial charge in [0.1, 0.15) is 11.2 Å². The van der Waals surface area contributed by atoms with Crippen LogP contribution in [-0.2, 0) is 0 Å². The highest BCUT2D eigenvalue weighted by Crippen LogP contribution is 2.38. The molecule has 1 heterocycles. The van der Waals surface area contributed by atoms with E-state index in [4.69, 9.17) is 4.42 Å². The number of hydrogen-bond donors (Lipinski definition) is 0. The van der Waals surface area contributed by atoms with Gasteiger partial charge in [-0.15, -0.1) is 0 Å². The number of benzene rings is 8. The lowest BCUT2D eigenvalue weighted by Crippen LogP contribution is -2.09. The molecule has 9 rings (SSSR count). The summed E-state index contributed by atoms with van der Waals surface area (Å²) in [6.07, 6.45) is 0. The Bertz CT molecular complexity index is 2540. The number of nitrogens with zero attached hydrogens (tertiary/aromatic N) is 1. The quantitative estimate of drug-likeness (QED) is 0.185. The van der Waals surface area contributed by atoms with Gasteiger partial charge in [-0.3, -0.25) is 0 Å². The molecular weight excluding hydrogens is 583 g/mol. The number of furan rings is 1. The number of para-hydroxylation sites is 2. The third kappa shape index (κ3) is 5.10. The number of anilines is 3. The molecule has 1 aromatic heterocycles. The Morgan fingerprint density at radius 2 is 0.812 bits per heavy atom. The van der Waals surface area contributed by atoms with Crippen LogP contribution in [0.3, 0.4) is 0 Å². The van der Waals surface area contributed by atoms with Crippen molar-refractivity contribution in [2.24, 2.45) is 0 Å². The summed E-state index contributed by atoms with van der Waals surface area (Å²) in [5.41, 5.74) is 12.3. The summed E-state index contributed by atoms with van der Waals surface area (Å²) < 4.78 is 6.06. The van der Waals surface area contributed by atoms with Crippen LogP contribution in [0.4, 0.5) is 17.1 Å². The third-order valence-electron chi connectivity index (χ3n) is 9.25. The first-order valence-electron chi connectivity index (χ1n) is 16.3. The fourth-order valence-electron chi connectivity index (χ4n) is 6.78.